The normalized spacial score (nSPS) is 23.0. The van der Waals surface area contributed by atoms with Crippen LogP contribution in [0.5, 0.6) is 0 Å². The summed E-state index contributed by atoms with van der Waals surface area (Å²) in [5.41, 5.74) is 8.46. The molecule has 2 atom stereocenters. The monoisotopic (exact) mass is 495 g/mol. The number of benzene rings is 1. The molecule has 4 heterocycles. The first-order valence-electron chi connectivity index (χ1n) is 13.5. The van der Waals surface area contributed by atoms with E-state index in [9.17, 15) is 4.79 Å². The lowest BCUT2D eigenvalue weighted by Crippen LogP contribution is -2.46. The molecule has 3 aromatic rings. The molecular weight excluding hydrogens is 465 g/mol. The van der Waals surface area contributed by atoms with E-state index in [0.717, 1.165) is 62.1 Å². The Morgan fingerprint density at radius 1 is 1.08 bits per heavy atom. The van der Waals surface area contributed by atoms with Crippen molar-refractivity contribution >= 4 is 17.2 Å². The van der Waals surface area contributed by atoms with Crippen LogP contribution in [0.1, 0.15) is 61.1 Å². The summed E-state index contributed by atoms with van der Waals surface area (Å²) in [6, 6.07) is 9.10. The van der Waals surface area contributed by atoms with Crippen LogP contribution in [0.25, 0.3) is 16.9 Å². The van der Waals surface area contributed by atoms with Gasteiger partial charge in [0.15, 0.2) is 5.65 Å². The fourth-order valence-corrected chi connectivity index (χ4v) is 6.08. The van der Waals surface area contributed by atoms with Crippen molar-refractivity contribution in [2.75, 3.05) is 24.5 Å². The first-order valence-corrected chi connectivity index (χ1v) is 13.5. The van der Waals surface area contributed by atoms with Crippen LogP contribution in [0.4, 0.5) is 10.1 Å². The smallest absolute Gasteiger partial charge is 0.273 e. The molecule has 4 aliphatic rings. The Kier molecular flexibility index (Phi) is 5.29. The van der Waals surface area contributed by atoms with Crippen molar-refractivity contribution in [2.45, 2.75) is 51.0 Å². The number of carbonyl (C=O) groups is 1. The van der Waals surface area contributed by atoms with Gasteiger partial charge in [0.2, 0.25) is 0 Å². The lowest BCUT2D eigenvalue weighted by Gasteiger charge is -2.38. The number of nitrogens with zero attached hydrogens (tertiary/aromatic N) is 5. The second-order valence-electron chi connectivity index (χ2n) is 10.7. The number of fused-ring (bicyclic) bond motifs is 2. The Labute approximate surface area is 215 Å². The van der Waals surface area contributed by atoms with E-state index in [1.807, 2.05) is 45.8 Å². The largest absolute Gasteiger partial charge is 0.371 e. The highest BCUT2D eigenvalue weighted by Crippen LogP contribution is 2.41. The van der Waals surface area contributed by atoms with E-state index in [4.69, 9.17) is 10.1 Å². The van der Waals surface area contributed by atoms with Crippen LogP contribution in [0.3, 0.4) is 0 Å². The molecule has 7 heteroatoms. The third kappa shape index (κ3) is 3.89. The summed E-state index contributed by atoms with van der Waals surface area (Å²) in [4.78, 5) is 22.6. The van der Waals surface area contributed by atoms with Gasteiger partial charge in [-0.3, -0.25) is 4.79 Å². The topological polar surface area (TPSA) is 53.7 Å². The van der Waals surface area contributed by atoms with Crippen molar-refractivity contribution in [3.63, 3.8) is 0 Å². The zero-order chi connectivity index (χ0) is 25.1. The molecule has 1 saturated carbocycles. The number of allylic oxidation sites excluding steroid dienone is 2. The van der Waals surface area contributed by atoms with Gasteiger partial charge in [0, 0.05) is 60.1 Å². The number of likely N-dealkylation sites (tertiary alicyclic amines) is 1. The Balaban J connectivity index is 1.24. The predicted molar refractivity (Wildman–Crippen MR) is 141 cm³/mol. The molecule has 0 bridgehead atoms. The maximum Gasteiger partial charge on any atom is 0.273 e. The minimum atomic E-state index is -0.281. The average Bonchev–Trinajstić information content (AvgIpc) is 3.43. The van der Waals surface area contributed by atoms with E-state index < -0.39 is 0 Å². The number of carbonyl (C=O) groups excluding carboxylic acids is 1. The number of halogens is 1. The summed E-state index contributed by atoms with van der Waals surface area (Å²) in [7, 11) is 0. The molecule has 0 radical (unpaired) electrons. The second-order valence-corrected chi connectivity index (χ2v) is 10.7. The Bertz CT molecular complexity index is 1500. The maximum absolute atomic E-state index is 15.2. The van der Waals surface area contributed by atoms with Gasteiger partial charge in [0.1, 0.15) is 11.5 Å². The number of rotatable bonds is 4. The summed E-state index contributed by atoms with van der Waals surface area (Å²) in [5.74, 6) is 0.356. The lowest BCUT2D eigenvalue weighted by atomic mass is 9.84. The van der Waals surface area contributed by atoms with Crippen LogP contribution < -0.4 is 4.90 Å². The van der Waals surface area contributed by atoms with E-state index in [2.05, 4.69) is 23.6 Å². The molecule has 6 nitrogen and oxygen atoms in total. The van der Waals surface area contributed by atoms with Gasteiger partial charge in [-0.15, -0.1) is 5.73 Å². The molecule has 7 rings (SSSR count). The molecule has 188 valence electrons. The van der Waals surface area contributed by atoms with Gasteiger partial charge in [0.05, 0.1) is 11.7 Å². The van der Waals surface area contributed by atoms with E-state index in [1.165, 1.54) is 0 Å². The van der Waals surface area contributed by atoms with Gasteiger partial charge in [-0.05, 0) is 69.4 Å². The highest BCUT2D eigenvalue weighted by molar-refractivity contribution is 5.93. The Hall–Kier alpha value is -3.70. The van der Waals surface area contributed by atoms with Crippen molar-refractivity contribution in [3.05, 3.63) is 77.1 Å². The molecule has 2 aliphatic carbocycles. The molecule has 0 N–H and O–H groups in total. The van der Waals surface area contributed by atoms with Crippen molar-refractivity contribution in [1.82, 2.24) is 19.5 Å². The predicted octanol–water partition coefficient (Wildman–Crippen LogP) is 5.51. The number of hydrogen-bond donors (Lipinski definition) is 0. The zero-order valence-electron chi connectivity index (χ0n) is 21.0. The van der Waals surface area contributed by atoms with E-state index in [0.29, 0.717) is 41.0 Å². The van der Waals surface area contributed by atoms with Crippen molar-refractivity contribution in [2.24, 2.45) is 5.92 Å². The standard InChI is InChI=1S/C30H30FN5O/c1-19-23-7-3-2-6-20(23)12-15-35(19)30(37)27-17-28(21-8-9-21)36-29(32-27)18-26(33-36)24-11-10-22(16-25(24)31)34-13-4-5-14-34/h2-3,6,10-11,16-21H,4-5,8-9,12-15H2,1H3/t19-,20?/m1/s1. The molecule has 1 aromatic carbocycles. The Morgan fingerprint density at radius 3 is 2.70 bits per heavy atom. The quantitative estimate of drug-likeness (QED) is 0.448. The fraction of sp³-hybridized carbons (Fsp3) is 0.400. The van der Waals surface area contributed by atoms with Crippen LogP contribution >= 0.6 is 0 Å². The van der Waals surface area contributed by atoms with Crippen molar-refractivity contribution in [1.29, 1.82) is 0 Å². The highest BCUT2D eigenvalue weighted by Gasteiger charge is 2.35. The van der Waals surface area contributed by atoms with E-state index in [1.54, 1.807) is 6.07 Å². The van der Waals surface area contributed by atoms with Crippen LogP contribution in [0.15, 0.2) is 59.9 Å². The third-order valence-electron chi connectivity index (χ3n) is 8.32. The summed E-state index contributed by atoms with van der Waals surface area (Å²) >= 11 is 0. The fourth-order valence-electron chi connectivity index (χ4n) is 6.08. The first kappa shape index (κ1) is 22.5. The molecule has 1 unspecified atom stereocenters. The van der Waals surface area contributed by atoms with Gasteiger partial charge < -0.3 is 9.80 Å². The van der Waals surface area contributed by atoms with E-state index >= 15 is 4.39 Å². The SMILES string of the molecule is C[C@@H]1C2=C=CC=CC2CCN1C(=O)c1cc(C2CC2)n2nc(-c3ccc(N4CCCC4)cc3F)cc2n1. The molecule has 2 saturated heterocycles. The number of amides is 1. The number of anilines is 1. The molecule has 2 aliphatic heterocycles. The first-order chi connectivity index (χ1) is 18.1. The molecular formula is C30H30FN5O. The number of hydrogen-bond acceptors (Lipinski definition) is 4. The van der Waals surface area contributed by atoms with Gasteiger partial charge in [-0.1, -0.05) is 12.2 Å². The minimum Gasteiger partial charge on any atom is -0.371 e. The van der Waals surface area contributed by atoms with Crippen LogP contribution in [-0.4, -0.2) is 51.1 Å². The summed E-state index contributed by atoms with van der Waals surface area (Å²) < 4.78 is 17.1. The third-order valence-corrected chi connectivity index (χ3v) is 8.32. The van der Waals surface area contributed by atoms with Gasteiger partial charge >= 0.3 is 0 Å². The lowest BCUT2D eigenvalue weighted by molar-refractivity contribution is 0.0667. The summed E-state index contributed by atoms with van der Waals surface area (Å²) in [5, 5.41) is 4.76. The van der Waals surface area contributed by atoms with Crippen LogP contribution in [-0.2, 0) is 0 Å². The highest BCUT2D eigenvalue weighted by atomic mass is 19.1. The maximum atomic E-state index is 15.2. The summed E-state index contributed by atoms with van der Waals surface area (Å²) in [6.45, 7) is 4.70. The van der Waals surface area contributed by atoms with Gasteiger partial charge in [-0.25, -0.2) is 13.9 Å². The molecule has 2 aromatic heterocycles. The number of piperidine rings is 1. The molecule has 37 heavy (non-hydrogen) atoms. The summed E-state index contributed by atoms with van der Waals surface area (Å²) in [6.07, 6.45) is 11.5. The van der Waals surface area contributed by atoms with Gasteiger partial charge in [-0.2, -0.15) is 5.10 Å². The van der Waals surface area contributed by atoms with Crippen molar-refractivity contribution < 1.29 is 9.18 Å². The zero-order valence-corrected chi connectivity index (χ0v) is 21.0. The second kappa shape index (κ2) is 8.70. The van der Waals surface area contributed by atoms with Crippen molar-refractivity contribution in [3.8, 4) is 11.3 Å². The molecule has 3 fully saturated rings. The minimum absolute atomic E-state index is 0.0291. The average molecular weight is 496 g/mol. The van der Waals surface area contributed by atoms with Gasteiger partial charge in [0.25, 0.3) is 5.91 Å². The van der Waals surface area contributed by atoms with Crippen LogP contribution in [0, 0.1) is 11.7 Å². The number of aromatic nitrogens is 3. The van der Waals surface area contributed by atoms with Crippen LogP contribution in [0.2, 0.25) is 0 Å². The van der Waals surface area contributed by atoms with E-state index in [-0.39, 0.29) is 17.8 Å². The Morgan fingerprint density at radius 2 is 1.92 bits per heavy atom. The molecule has 1 amide bonds. The molecule has 0 spiro atoms.